The van der Waals surface area contributed by atoms with E-state index in [4.69, 9.17) is 4.98 Å². The van der Waals surface area contributed by atoms with Gasteiger partial charge in [-0.1, -0.05) is 11.8 Å². The van der Waals surface area contributed by atoms with E-state index in [1.165, 1.54) is 0 Å². The summed E-state index contributed by atoms with van der Waals surface area (Å²) in [7, 11) is 5.74. The highest BCUT2D eigenvalue weighted by molar-refractivity contribution is 5.87. The second kappa shape index (κ2) is 12.2. The third kappa shape index (κ3) is 6.38. The van der Waals surface area contributed by atoms with Crippen molar-refractivity contribution in [3.05, 3.63) is 54.7 Å². The van der Waals surface area contributed by atoms with Crippen LogP contribution in [0.5, 0.6) is 0 Å². The second-order valence-corrected chi connectivity index (χ2v) is 10.4. The van der Waals surface area contributed by atoms with E-state index >= 15 is 0 Å². The molecule has 1 aliphatic heterocycles. The fraction of sp³-hybridized carbons (Fsp3) is 0.367. The van der Waals surface area contributed by atoms with Gasteiger partial charge in [0.2, 0.25) is 5.91 Å². The number of hydrogen-bond donors (Lipinski definition) is 1. The van der Waals surface area contributed by atoms with Crippen LogP contribution in [0.2, 0.25) is 0 Å². The lowest BCUT2D eigenvalue weighted by Gasteiger charge is -2.35. The van der Waals surface area contributed by atoms with Gasteiger partial charge in [-0.05, 0) is 32.3 Å². The Morgan fingerprint density at radius 3 is 2.51 bits per heavy atom. The number of piperazine rings is 1. The summed E-state index contributed by atoms with van der Waals surface area (Å²) in [6, 6.07) is 8.26. The fourth-order valence-corrected chi connectivity index (χ4v) is 4.88. The summed E-state index contributed by atoms with van der Waals surface area (Å²) in [5.74, 6) is 6.70. The molecule has 1 aliphatic rings. The molecule has 0 bridgehead atoms. The molecule has 1 unspecified atom stereocenters. The van der Waals surface area contributed by atoms with Gasteiger partial charge in [-0.25, -0.2) is 9.50 Å². The van der Waals surface area contributed by atoms with E-state index in [0.29, 0.717) is 44.7 Å². The van der Waals surface area contributed by atoms with Gasteiger partial charge in [-0.15, -0.1) is 0 Å². The largest absolute Gasteiger partial charge is 0.392 e. The van der Waals surface area contributed by atoms with E-state index in [1.54, 1.807) is 26.5 Å². The summed E-state index contributed by atoms with van der Waals surface area (Å²) >= 11 is 0. The topological polar surface area (TPSA) is 119 Å². The van der Waals surface area contributed by atoms with Gasteiger partial charge in [0.1, 0.15) is 11.9 Å². The van der Waals surface area contributed by atoms with Gasteiger partial charge in [-0.2, -0.15) is 15.5 Å². The normalized spacial score (nSPS) is 14.1. The highest BCUT2D eigenvalue weighted by Gasteiger charge is 2.24. The number of aliphatic hydroxyl groups is 1. The summed E-state index contributed by atoms with van der Waals surface area (Å²) < 4.78 is 3.48. The molecular formula is C30H33N9O2. The monoisotopic (exact) mass is 551 g/mol. The molecule has 0 aliphatic carbocycles. The minimum absolute atomic E-state index is 0.0542. The molecule has 0 radical (unpaired) electrons. The Morgan fingerprint density at radius 2 is 1.85 bits per heavy atom. The first-order valence-electron chi connectivity index (χ1n) is 13.5. The Bertz CT molecular complexity index is 1630. The SMILES string of the molecule is CN(C)CC#CCC(O)CC(=O)N1CCN(c2ccc(-c3cc(-c4cnn(C)c4)cn4ncc(C#N)c34)cn2)CC1. The van der Waals surface area contributed by atoms with Gasteiger partial charge in [0.25, 0.3) is 0 Å². The molecule has 1 amide bonds. The molecule has 1 fully saturated rings. The van der Waals surface area contributed by atoms with Gasteiger partial charge < -0.3 is 14.9 Å². The van der Waals surface area contributed by atoms with Crippen LogP contribution < -0.4 is 4.90 Å². The first-order chi connectivity index (χ1) is 19.8. The van der Waals surface area contributed by atoms with E-state index in [-0.39, 0.29) is 12.3 Å². The van der Waals surface area contributed by atoms with Crippen LogP contribution >= 0.6 is 0 Å². The van der Waals surface area contributed by atoms with Gasteiger partial charge in [0.15, 0.2) is 0 Å². The van der Waals surface area contributed by atoms with Crippen LogP contribution in [0.25, 0.3) is 27.8 Å². The molecule has 0 aromatic carbocycles. The Morgan fingerprint density at radius 1 is 1.05 bits per heavy atom. The van der Waals surface area contributed by atoms with E-state index in [1.807, 2.05) is 62.8 Å². The molecule has 11 heteroatoms. The summed E-state index contributed by atoms with van der Waals surface area (Å²) in [5, 5.41) is 28.6. The van der Waals surface area contributed by atoms with Crippen molar-refractivity contribution in [1.82, 2.24) is 34.2 Å². The molecule has 1 atom stereocenters. The van der Waals surface area contributed by atoms with Crippen molar-refractivity contribution in [1.29, 1.82) is 5.26 Å². The van der Waals surface area contributed by atoms with Crippen molar-refractivity contribution < 1.29 is 9.90 Å². The van der Waals surface area contributed by atoms with Crippen LogP contribution in [0.1, 0.15) is 18.4 Å². The van der Waals surface area contributed by atoms with Crippen LogP contribution in [0, 0.1) is 23.2 Å². The summed E-state index contributed by atoms with van der Waals surface area (Å²) in [6.07, 6.45) is 8.64. The van der Waals surface area contributed by atoms with Crippen molar-refractivity contribution in [2.45, 2.75) is 18.9 Å². The summed E-state index contributed by atoms with van der Waals surface area (Å²) in [5.41, 5.74) is 4.84. The first-order valence-corrected chi connectivity index (χ1v) is 13.5. The van der Waals surface area contributed by atoms with Crippen molar-refractivity contribution in [2.75, 3.05) is 51.7 Å². The first kappa shape index (κ1) is 27.8. The van der Waals surface area contributed by atoms with E-state index < -0.39 is 6.10 Å². The molecule has 5 heterocycles. The molecular weight excluding hydrogens is 518 g/mol. The van der Waals surface area contributed by atoms with Gasteiger partial charge in [-0.3, -0.25) is 14.4 Å². The maximum atomic E-state index is 12.7. The number of anilines is 1. The Kier molecular flexibility index (Phi) is 8.29. The standard InChI is InChI=1S/C30H33N9O2/c1-35(2)9-5-4-6-26(40)15-29(41)38-12-10-37(11-13-38)28-8-7-22(17-32-28)27-14-23(25-19-33-36(3)20-25)21-39-30(27)24(16-31)18-34-39/h7-8,14,17-21,26,40H,6,9-13,15H2,1-3H3. The van der Waals surface area contributed by atoms with E-state index in [2.05, 4.69) is 33.0 Å². The van der Waals surface area contributed by atoms with Gasteiger partial charge >= 0.3 is 0 Å². The average molecular weight is 552 g/mol. The highest BCUT2D eigenvalue weighted by Crippen LogP contribution is 2.32. The average Bonchev–Trinajstić information content (AvgIpc) is 3.61. The lowest BCUT2D eigenvalue weighted by Crippen LogP contribution is -2.49. The zero-order valence-corrected chi connectivity index (χ0v) is 23.5. The number of fused-ring (bicyclic) bond motifs is 1. The predicted octanol–water partition coefficient (Wildman–Crippen LogP) is 2.02. The van der Waals surface area contributed by atoms with Crippen LogP contribution in [-0.4, -0.2) is 98.1 Å². The van der Waals surface area contributed by atoms with Crippen molar-refractivity contribution in [3.63, 3.8) is 0 Å². The molecule has 5 rings (SSSR count). The second-order valence-electron chi connectivity index (χ2n) is 10.4. The van der Waals surface area contributed by atoms with Crippen molar-refractivity contribution >= 4 is 17.2 Å². The molecule has 11 nitrogen and oxygen atoms in total. The molecule has 0 saturated carbocycles. The Hall–Kier alpha value is -4.71. The number of aromatic nitrogens is 5. The van der Waals surface area contributed by atoms with Crippen molar-refractivity contribution in [3.8, 4) is 40.2 Å². The number of amides is 1. The Balaban J connectivity index is 1.26. The predicted molar refractivity (Wildman–Crippen MR) is 156 cm³/mol. The number of aliphatic hydroxyl groups excluding tert-OH is 1. The number of hydrogen-bond acceptors (Lipinski definition) is 8. The number of nitriles is 1. The molecule has 0 spiro atoms. The van der Waals surface area contributed by atoms with Crippen LogP contribution in [0.4, 0.5) is 5.82 Å². The zero-order valence-electron chi connectivity index (χ0n) is 23.5. The molecule has 4 aromatic heterocycles. The number of aryl methyl sites for hydroxylation is 1. The quantitative estimate of drug-likeness (QED) is 0.347. The molecule has 1 N–H and O–H groups in total. The number of pyridine rings is 2. The molecule has 1 saturated heterocycles. The molecule has 210 valence electrons. The molecule has 4 aromatic rings. The smallest absolute Gasteiger partial charge is 0.225 e. The highest BCUT2D eigenvalue weighted by atomic mass is 16.3. The van der Waals surface area contributed by atoms with Gasteiger partial charge in [0.05, 0.1) is 42.5 Å². The molecule has 41 heavy (non-hydrogen) atoms. The zero-order chi connectivity index (χ0) is 28.9. The maximum absolute atomic E-state index is 12.7. The van der Waals surface area contributed by atoms with E-state index in [0.717, 1.165) is 33.6 Å². The Labute approximate surface area is 239 Å². The minimum Gasteiger partial charge on any atom is -0.392 e. The number of rotatable bonds is 7. The summed E-state index contributed by atoms with van der Waals surface area (Å²) in [4.78, 5) is 23.3. The van der Waals surface area contributed by atoms with Crippen LogP contribution in [-0.2, 0) is 11.8 Å². The third-order valence-corrected chi connectivity index (χ3v) is 7.05. The maximum Gasteiger partial charge on any atom is 0.225 e. The number of nitrogens with zero attached hydrogens (tertiary/aromatic N) is 9. The third-order valence-electron chi connectivity index (χ3n) is 7.05. The van der Waals surface area contributed by atoms with Crippen LogP contribution in [0.15, 0.2) is 49.2 Å². The fourth-order valence-electron chi connectivity index (χ4n) is 4.88. The minimum atomic E-state index is -0.759. The van der Waals surface area contributed by atoms with Crippen LogP contribution in [0.3, 0.4) is 0 Å². The lowest BCUT2D eigenvalue weighted by molar-refractivity contribution is -0.133. The van der Waals surface area contributed by atoms with Crippen molar-refractivity contribution in [2.24, 2.45) is 7.05 Å². The number of carbonyl (C=O) groups is 1. The summed E-state index contributed by atoms with van der Waals surface area (Å²) in [6.45, 7) is 3.06. The van der Waals surface area contributed by atoms with Gasteiger partial charge in [0, 0.05) is 80.5 Å². The lowest BCUT2D eigenvalue weighted by atomic mass is 10.0. The van der Waals surface area contributed by atoms with E-state index in [9.17, 15) is 15.2 Å². The number of carbonyl (C=O) groups excluding carboxylic acids is 1.